The molecular weight excluding hydrogens is 282 g/mol. The molecule has 1 aromatic carbocycles. The monoisotopic (exact) mass is 311 g/mol. The van der Waals surface area contributed by atoms with Crippen molar-refractivity contribution in [1.29, 1.82) is 0 Å². The fourth-order valence-corrected chi connectivity index (χ4v) is 3.85. The normalized spacial score (nSPS) is 22.9. The van der Waals surface area contributed by atoms with E-state index < -0.39 is 0 Å². The molecular formula is C20H29N3. The first-order chi connectivity index (χ1) is 11.1. The van der Waals surface area contributed by atoms with Crippen LogP contribution in [0, 0.1) is 18.8 Å². The maximum atomic E-state index is 4.46. The van der Waals surface area contributed by atoms with Crippen molar-refractivity contribution in [3.8, 4) is 0 Å². The third-order valence-corrected chi connectivity index (χ3v) is 5.46. The lowest BCUT2D eigenvalue weighted by Gasteiger charge is -2.34. The van der Waals surface area contributed by atoms with Gasteiger partial charge in [-0.25, -0.2) is 4.98 Å². The minimum atomic E-state index is 0.431. The summed E-state index contributed by atoms with van der Waals surface area (Å²) in [6.07, 6.45) is 9.26. The van der Waals surface area contributed by atoms with Gasteiger partial charge in [-0.2, -0.15) is 0 Å². The van der Waals surface area contributed by atoms with Gasteiger partial charge in [0.05, 0.1) is 6.54 Å². The molecule has 1 aliphatic rings. The summed E-state index contributed by atoms with van der Waals surface area (Å²) < 4.78 is 2.10. The van der Waals surface area contributed by atoms with Crippen molar-refractivity contribution in [3.05, 3.63) is 53.6 Å². The number of nitrogens with one attached hydrogen (secondary N) is 1. The summed E-state index contributed by atoms with van der Waals surface area (Å²) in [5.41, 5.74) is 2.85. The summed E-state index contributed by atoms with van der Waals surface area (Å²) >= 11 is 0. The van der Waals surface area contributed by atoms with Crippen LogP contribution in [-0.2, 0) is 13.6 Å². The molecule has 0 spiro atoms. The maximum Gasteiger partial charge on any atom is 0.122 e. The zero-order valence-corrected chi connectivity index (χ0v) is 14.6. The second-order valence-corrected chi connectivity index (χ2v) is 7.19. The Hall–Kier alpha value is -1.61. The molecule has 0 saturated heterocycles. The Morgan fingerprint density at radius 2 is 1.96 bits per heavy atom. The average Bonchev–Trinajstić information content (AvgIpc) is 2.96. The second kappa shape index (κ2) is 7.31. The molecule has 2 aromatic rings. The minimum Gasteiger partial charge on any atom is -0.337 e. The van der Waals surface area contributed by atoms with Crippen LogP contribution in [0.3, 0.4) is 0 Å². The number of imidazole rings is 1. The van der Waals surface area contributed by atoms with Gasteiger partial charge in [-0.15, -0.1) is 0 Å². The summed E-state index contributed by atoms with van der Waals surface area (Å²) in [6.45, 7) is 5.45. The van der Waals surface area contributed by atoms with Gasteiger partial charge in [-0.3, -0.25) is 0 Å². The van der Waals surface area contributed by atoms with Crippen LogP contribution < -0.4 is 5.32 Å². The van der Waals surface area contributed by atoms with Crippen LogP contribution >= 0.6 is 0 Å². The molecule has 0 unspecified atom stereocenters. The number of rotatable bonds is 5. The lowest BCUT2D eigenvalue weighted by molar-refractivity contribution is 0.229. The predicted molar refractivity (Wildman–Crippen MR) is 95.1 cm³/mol. The van der Waals surface area contributed by atoms with Crippen LogP contribution in [0.1, 0.15) is 55.6 Å². The van der Waals surface area contributed by atoms with Gasteiger partial charge in [0.1, 0.15) is 5.82 Å². The van der Waals surface area contributed by atoms with Gasteiger partial charge in [-0.05, 0) is 42.7 Å². The summed E-state index contributed by atoms with van der Waals surface area (Å²) in [5.74, 6) is 2.72. The maximum absolute atomic E-state index is 4.46. The summed E-state index contributed by atoms with van der Waals surface area (Å²) in [7, 11) is 2.06. The van der Waals surface area contributed by atoms with E-state index in [0.29, 0.717) is 6.04 Å². The number of hydrogen-bond acceptors (Lipinski definition) is 2. The number of hydrogen-bond donors (Lipinski definition) is 1. The van der Waals surface area contributed by atoms with Crippen molar-refractivity contribution >= 4 is 0 Å². The van der Waals surface area contributed by atoms with Crippen molar-refractivity contribution in [2.24, 2.45) is 18.9 Å². The molecule has 3 rings (SSSR count). The Morgan fingerprint density at radius 1 is 1.22 bits per heavy atom. The zero-order chi connectivity index (χ0) is 16.2. The van der Waals surface area contributed by atoms with Crippen LogP contribution in [0.2, 0.25) is 0 Å². The molecule has 3 heteroatoms. The molecule has 1 fully saturated rings. The Labute approximate surface area is 140 Å². The molecule has 3 nitrogen and oxygen atoms in total. The Kier molecular flexibility index (Phi) is 5.16. The third-order valence-electron chi connectivity index (χ3n) is 5.46. The number of aryl methyl sites for hydroxylation is 2. The predicted octanol–water partition coefficient (Wildman–Crippen LogP) is 4.39. The molecule has 1 N–H and O–H groups in total. The van der Waals surface area contributed by atoms with Gasteiger partial charge in [-0.1, -0.05) is 44.0 Å². The van der Waals surface area contributed by atoms with E-state index in [1.54, 1.807) is 0 Å². The fraction of sp³-hybridized carbons (Fsp3) is 0.550. The standard InChI is InChI=1S/C20H29N3/c1-15-8-10-17(11-9-15)20(18-7-5-4-6-16(18)2)22-14-19-21-12-13-23(19)3/h4-7,12-13,15,17,20,22H,8-11,14H2,1-3H3/t15?,17?,20-/m0/s1. The fourth-order valence-electron chi connectivity index (χ4n) is 3.85. The molecule has 1 heterocycles. The van der Waals surface area contributed by atoms with E-state index in [0.717, 1.165) is 24.2 Å². The molecule has 124 valence electrons. The van der Waals surface area contributed by atoms with E-state index in [9.17, 15) is 0 Å². The first-order valence-corrected chi connectivity index (χ1v) is 8.90. The topological polar surface area (TPSA) is 29.9 Å². The van der Waals surface area contributed by atoms with Gasteiger partial charge < -0.3 is 9.88 Å². The van der Waals surface area contributed by atoms with E-state index in [2.05, 4.69) is 60.0 Å². The molecule has 23 heavy (non-hydrogen) atoms. The first-order valence-electron chi connectivity index (χ1n) is 8.90. The highest BCUT2D eigenvalue weighted by Gasteiger charge is 2.28. The highest BCUT2D eigenvalue weighted by Crippen LogP contribution is 2.37. The summed E-state index contributed by atoms with van der Waals surface area (Å²) in [5, 5.41) is 3.82. The Bertz CT molecular complexity index is 623. The third kappa shape index (κ3) is 3.84. The SMILES string of the molecule is Cc1ccccc1[C@@H](NCc1nccn1C)C1CCC(C)CC1. The van der Waals surface area contributed by atoms with Crippen molar-refractivity contribution < 1.29 is 0 Å². The Morgan fingerprint density at radius 3 is 2.61 bits per heavy atom. The van der Waals surface area contributed by atoms with Crippen molar-refractivity contribution in [2.75, 3.05) is 0 Å². The highest BCUT2D eigenvalue weighted by atomic mass is 15.1. The number of aromatic nitrogens is 2. The average molecular weight is 311 g/mol. The zero-order valence-electron chi connectivity index (χ0n) is 14.6. The minimum absolute atomic E-state index is 0.431. The van der Waals surface area contributed by atoms with E-state index >= 15 is 0 Å². The second-order valence-electron chi connectivity index (χ2n) is 7.19. The molecule has 1 saturated carbocycles. The first kappa shape index (κ1) is 16.3. The van der Waals surface area contributed by atoms with E-state index in [1.807, 2.05) is 12.4 Å². The highest BCUT2D eigenvalue weighted by molar-refractivity contribution is 5.29. The Balaban J connectivity index is 1.78. The van der Waals surface area contributed by atoms with Gasteiger partial charge in [0.25, 0.3) is 0 Å². The van der Waals surface area contributed by atoms with Crippen LogP contribution in [0.5, 0.6) is 0 Å². The number of benzene rings is 1. The quantitative estimate of drug-likeness (QED) is 0.887. The smallest absolute Gasteiger partial charge is 0.122 e. The largest absolute Gasteiger partial charge is 0.337 e. The van der Waals surface area contributed by atoms with Crippen molar-refractivity contribution in [3.63, 3.8) is 0 Å². The molecule has 0 bridgehead atoms. The van der Waals surface area contributed by atoms with Crippen molar-refractivity contribution in [2.45, 2.75) is 52.1 Å². The van der Waals surface area contributed by atoms with E-state index in [-0.39, 0.29) is 0 Å². The van der Waals surface area contributed by atoms with Crippen molar-refractivity contribution in [1.82, 2.24) is 14.9 Å². The summed E-state index contributed by atoms with van der Waals surface area (Å²) in [6, 6.07) is 9.26. The van der Waals surface area contributed by atoms with Crippen LogP contribution in [0.4, 0.5) is 0 Å². The summed E-state index contributed by atoms with van der Waals surface area (Å²) in [4.78, 5) is 4.46. The molecule has 0 amide bonds. The van der Waals surface area contributed by atoms with Gasteiger partial charge in [0, 0.05) is 25.5 Å². The van der Waals surface area contributed by atoms with Gasteiger partial charge >= 0.3 is 0 Å². The van der Waals surface area contributed by atoms with E-state index in [4.69, 9.17) is 0 Å². The molecule has 1 aliphatic carbocycles. The molecule has 0 aliphatic heterocycles. The van der Waals surface area contributed by atoms with Crippen LogP contribution in [-0.4, -0.2) is 9.55 Å². The van der Waals surface area contributed by atoms with Gasteiger partial charge in [0.15, 0.2) is 0 Å². The molecule has 1 aromatic heterocycles. The molecule has 1 atom stereocenters. The van der Waals surface area contributed by atoms with E-state index in [1.165, 1.54) is 36.8 Å². The lowest BCUT2D eigenvalue weighted by atomic mass is 9.76. The van der Waals surface area contributed by atoms with Crippen LogP contribution in [0.25, 0.3) is 0 Å². The lowest BCUT2D eigenvalue weighted by Crippen LogP contribution is -2.31. The van der Waals surface area contributed by atoms with Gasteiger partial charge in [0.2, 0.25) is 0 Å². The number of nitrogens with zero attached hydrogens (tertiary/aromatic N) is 2. The van der Waals surface area contributed by atoms with Crippen LogP contribution in [0.15, 0.2) is 36.7 Å². The molecule has 0 radical (unpaired) electrons.